The highest BCUT2D eigenvalue weighted by atomic mass is 19.2. The van der Waals surface area contributed by atoms with Crippen LogP contribution in [0.3, 0.4) is 0 Å². The minimum atomic E-state index is -1.70. The Morgan fingerprint density at radius 1 is 1.24 bits per heavy atom. The molecule has 0 heterocycles. The van der Waals surface area contributed by atoms with Gasteiger partial charge in [0.25, 0.3) is 0 Å². The van der Waals surface area contributed by atoms with Crippen molar-refractivity contribution in [2.24, 2.45) is 11.3 Å². The number of aliphatic carboxylic acids is 1. The Morgan fingerprint density at radius 2 is 1.81 bits per heavy atom. The largest absolute Gasteiger partial charge is 0.481 e. The second-order valence-electron chi connectivity index (χ2n) is 5.33. The number of rotatable bonds is 5. The van der Waals surface area contributed by atoms with Crippen LogP contribution in [-0.2, 0) is 9.59 Å². The van der Waals surface area contributed by atoms with Gasteiger partial charge >= 0.3 is 5.97 Å². The summed E-state index contributed by atoms with van der Waals surface area (Å²) in [6.07, 6.45) is -0.418. The third kappa shape index (κ3) is 3.53. The smallest absolute Gasteiger partial charge is 0.310 e. The minimum absolute atomic E-state index is 0.351. The van der Waals surface area contributed by atoms with Gasteiger partial charge in [0.05, 0.1) is 11.1 Å². The van der Waals surface area contributed by atoms with Crippen molar-refractivity contribution in [2.45, 2.75) is 27.2 Å². The van der Waals surface area contributed by atoms with Crippen molar-refractivity contribution in [1.29, 1.82) is 0 Å². The minimum Gasteiger partial charge on any atom is -0.481 e. The second-order valence-corrected chi connectivity index (χ2v) is 5.33. The third-order valence-corrected chi connectivity index (χ3v) is 3.60. The number of nitrogens with one attached hydrogen (secondary N) is 1. The maximum Gasteiger partial charge on any atom is 0.310 e. The Labute approximate surface area is 120 Å². The van der Waals surface area contributed by atoms with E-state index < -0.39 is 46.9 Å². The van der Waals surface area contributed by atoms with Crippen LogP contribution in [-0.4, -0.2) is 17.0 Å². The van der Waals surface area contributed by atoms with E-state index in [1.165, 1.54) is 6.92 Å². The van der Waals surface area contributed by atoms with Crippen LogP contribution in [0.1, 0.15) is 27.2 Å². The van der Waals surface area contributed by atoms with Gasteiger partial charge in [-0.1, -0.05) is 13.8 Å². The fourth-order valence-electron chi connectivity index (χ4n) is 1.68. The average Bonchev–Trinajstić information content (AvgIpc) is 2.39. The highest BCUT2D eigenvalue weighted by Gasteiger charge is 2.39. The fraction of sp³-hybridized carbons (Fsp3) is 0.429. The van der Waals surface area contributed by atoms with Gasteiger partial charge in [0.15, 0.2) is 17.5 Å². The summed E-state index contributed by atoms with van der Waals surface area (Å²) in [6, 6.07) is 1.55. The van der Waals surface area contributed by atoms with Crippen molar-refractivity contribution in [3.05, 3.63) is 29.6 Å². The third-order valence-electron chi connectivity index (χ3n) is 3.60. The molecule has 0 aliphatic carbocycles. The summed E-state index contributed by atoms with van der Waals surface area (Å²) in [7, 11) is 0. The van der Waals surface area contributed by atoms with Gasteiger partial charge in [-0.15, -0.1) is 0 Å². The number of amides is 1. The molecule has 0 bridgehead atoms. The van der Waals surface area contributed by atoms with E-state index in [0.29, 0.717) is 6.07 Å². The van der Waals surface area contributed by atoms with E-state index in [2.05, 4.69) is 5.32 Å². The lowest BCUT2D eigenvalue weighted by atomic mass is 9.76. The van der Waals surface area contributed by atoms with Crippen LogP contribution < -0.4 is 5.32 Å². The first-order valence-electron chi connectivity index (χ1n) is 6.26. The van der Waals surface area contributed by atoms with E-state index in [1.807, 2.05) is 0 Å². The summed E-state index contributed by atoms with van der Waals surface area (Å²) in [6.45, 7) is 4.67. The van der Waals surface area contributed by atoms with Crippen molar-refractivity contribution in [3.63, 3.8) is 0 Å². The zero-order valence-corrected chi connectivity index (χ0v) is 11.8. The van der Waals surface area contributed by atoms with Crippen molar-refractivity contribution in [3.8, 4) is 0 Å². The van der Waals surface area contributed by atoms with Crippen LogP contribution in [0.5, 0.6) is 0 Å². The molecule has 1 aromatic carbocycles. The number of carboxylic acids is 1. The summed E-state index contributed by atoms with van der Waals surface area (Å²) in [4.78, 5) is 23.1. The molecule has 116 valence electrons. The van der Waals surface area contributed by atoms with Crippen LogP contribution in [0.25, 0.3) is 0 Å². The predicted octanol–water partition coefficient (Wildman–Crippen LogP) is 3.18. The average molecular weight is 303 g/mol. The Kier molecular flexibility index (Phi) is 4.98. The van der Waals surface area contributed by atoms with Crippen molar-refractivity contribution in [2.75, 3.05) is 5.32 Å². The summed E-state index contributed by atoms with van der Waals surface area (Å²) >= 11 is 0. The first-order valence-corrected chi connectivity index (χ1v) is 6.26. The molecular formula is C14H16F3NO3. The Balaban J connectivity index is 2.93. The summed E-state index contributed by atoms with van der Waals surface area (Å²) in [5.41, 5.74) is -1.88. The fourth-order valence-corrected chi connectivity index (χ4v) is 1.68. The van der Waals surface area contributed by atoms with E-state index >= 15 is 0 Å². The molecule has 1 aromatic rings. The van der Waals surface area contributed by atoms with Crippen LogP contribution in [0, 0.1) is 28.8 Å². The summed E-state index contributed by atoms with van der Waals surface area (Å²) < 4.78 is 39.2. The quantitative estimate of drug-likeness (QED) is 0.821. The number of hydrogen-bond donors (Lipinski definition) is 2. The predicted molar refractivity (Wildman–Crippen MR) is 70.1 cm³/mol. The monoisotopic (exact) mass is 303 g/mol. The number of hydrogen-bond acceptors (Lipinski definition) is 2. The molecule has 1 atom stereocenters. The molecule has 1 unspecified atom stereocenters. The van der Waals surface area contributed by atoms with E-state index in [0.717, 1.165) is 6.07 Å². The zero-order valence-electron chi connectivity index (χ0n) is 11.8. The molecule has 21 heavy (non-hydrogen) atoms. The van der Waals surface area contributed by atoms with Gasteiger partial charge < -0.3 is 10.4 Å². The first-order chi connectivity index (χ1) is 9.59. The Hall–Kier alpha value is -2.05. The normalized spacial score (nSPS) is 13.9. The number of anilines is 1. The molecule has 7 heteroatoms. The molecule has 4 nitrogen and oxygen atoms in total. The summed E-state index contributed by atoms with van der Waals surface area (Å²) in [5, 5.41) is 11.2. The lowest BCUT2D eigenvalue weighted by Crippen LogP contribution is -2.37. The second kappa shape index (κ2) is 6.15. The van der Waals surface area contributed by atoms with Crippen LogP contribution in [0.15, 0.2) is 12.1 Å². The molecular weight excluding hydrogens is 287 g/mol. The summed E-state index contributed by atoms with van der Waals surface area (Å²) in [5.74, 6) is -6.90. The molecule has 0 aliphatic rings. The molecule has 0 aliphatic heterocycles. The Bertz CT molecular complexity index is 575. The van der Waals surface area contributed by atoms with Crippen LogP contribution in [0.2, 0.25) is 0 Å². The number of halogens is 3. The molecule has 0 spiro atoms. The maximum atomic E-state index is 13.4. The lowest BCUT2D eigenvalue weighted by Gasteiger charge is -2.28. The number of carbonyl (C=O) groups excluding carboxylic acids is 1. The highest BCUT2D eigenvalue weighted by molar-refractivity contribution is 5.94. The molecule has 0 fully saturated rings. The van der Waals surface area contributed by atoms with Crippen molar-refractivity contribution in [1.82, 2.24) is 0 Å². The first kappa shape index (κ1) is 17.0. The molecule has 0 radical (unpaired) electrons. The number of carbonyl (C=O) groups is 2. The standard InChI is InChI=1S/C14H16F3NO3/c1-7(2)14(3,13(20)21)6-10(19)18-9-5-4-8(15)11(16)12(9)17/h4-5,7H,6H2,1-3H3,(H,18,19)(H,20,21). The van der Waals surface area contributed by atoms with Crippen LogP contribution in [0.4, 0.5) is 18.9 Å². The van der Waals surface area contributed by atoms with E-state index in [9.17, 15) is 27.9 Å². The molecule has 0 aromatic heterocycles. The van der Waals surface area contributed by atoms with Gasteiger partial charge in [0.1, 0.15) is 0 Å². The van der Waals surface area contributed by atoms with Crippen molar-refractivity contribution >= 4 is 17.6 Å². The van der Waals surface area contributed by atoms with Crippen molar-refractivity contribution < 1.29 is 27.9 Å². The van der Waals surface area contributed by atoms with E-state index in [-0.39, 0.29) is 5.92 Å². The Morgan fingerprint density at radius 3 is 2.29 bits per heavy atom. The van der Waals surface area contributed by atoms with Gasteiger partial charge in [0.2, 0.25) is 5.91 Å². The van der Waals surface area contributed by atoms with Gasteiger partial charge in [-0.05, 0) is 25.0 Å². The highest BCUT2D eigenvalue weighted by Crippen LogP contribution is 2.32. The zero-order chi connectivity index (χ0) is 16.4. The molecule has 2 N–H and O–H groups in total. The van der Waals surface area contributed by atoms with Gasteiger partial charge in [-0.3, -0.25) is 9.59 Å². The number of benzene rings is 1. The SMILES string of the molecule is CC(C)C(C)(CC(=O)Nc1ccc(F)c(F)c1F)C(=O)O. The lowest BCUT2D eigenvalue weighted by molar-refractivity contribution is -0.153. The van der Waals surface area contributed by atoms with Gasteiger partial charge in [-0.25, -0.2) is 13.2 Å². The molecule has 0 saturated heterocycles. The van der Waals surface area contributed by atoms with E-state index in [1.54, 1.807) is 13.8 Å². The molecule has 1 amide bonds. The topological polar surface area (TPSA) is 66.4 Å². The van der Waals surface area contributed by atoms with E-state index in [4.69, 9.17) is 0 Å². The molecule has 1 rings (SSSR count). The van der Waals surface area contributed by atoms with Crippen LogP contribution >= 0.6 is 0 Å². The van der Waals surface area contributed by atoms with Gasteiger partial charge in [0, 0.05) is 6.42 Å². The maximum absolute atomic E-state index is 13.4. The van der Waals surface area contributed by atoms with Gasteiger partial charge in [-0.2, -0.15) is 0 Å². The number of carboxylic acid groups (broad SMARTS) is 1. The molecule has 0 saturated carbocycles.